The Morgan fingerprint density at radius 1 is 1.03 bits per heavy atom. The van der Waals surface area contributed by atoms with Gasteiger partial charge >= 0.3 is 0 Å². The number of amides is 2. The molecule has 2 N–H and O–H groups in total. The summed E-state index contributed by atoms with van der Waals surface area (Å²) in [6.07, 6.45) is 1.71. The summed E-state index contributed by atoms with van der Waals surface area (Å²) < 4.78 is 28.7. The van der Waals surface area contributed by atoms with Crippen LogP contribution in [0.15, 0.2) is 53.3 Å². The molecule has 3 aromatic rings. The molecule has 0 aliphatic heterocycles. The van der Waals surface area contributed by atoms with Gasteiger partial charge in [-0.25, -0.2) is 13.5 Å². The summed E-state index contributed by atoms with van der Waals surface area (Å²) in [5.41, 5.74) is -0.136. The summed E-state index contributed by atoms with van der Waals surface area (Å²) >= 11 is 5.67. The molecule has 2 amide bonds. The zero-order chi connectivity index (χ0) is 22.8. The van der Waals surface area contributed by atoms with Gasteiger partial charge in [0.15, 0.2) is 0 Å². The second-order valence-electron chi connectivity index (χ2n) is 7.36. The van der Waals surface area contributed by atoms with Crippen LogP contribution in [0.2, 0.25) is 5.02 Å². The first-order valence-electron chi connectivity index (χ1n) is 9.74. The highest BCUT2D eigenvalue weighted by Crippen LogP contribution is 2.21. The predicted octanol–water partition coefficient (Wildman–Crippen LogP) is 3.37. The molecular weight excluding hydrogens is 442 g/mol. The number of halogens is 3. The number of rotatable bonds is 6. The minimum absolute atomic E-state index is 0.0494. The number of nitrogens with one attached hydrogen (secondary N) is 2. The summed E-state index contributed by atoms with van der Waals surface area (Å²) in [5.74, 6) is -2.56. The Morgan fingerprint density at radius 3 is 2.53 bits per heavy atom. The van der Waals surface area contributed by atoms with Crippen LogP contribution in [-0.4, -0.2) is 27.6 Å². The van der Waals surface area contributed by atoms with E-state index in [1.54, 1.807) is 6.07 Å². The molecule has 1 aliphatic carbocycles. The molecule has 1 saturated carbocycles. The molecule has 10 heteroatoms. The second kappa shape index (κ2) is 8.88. The molecule has 0 bridgehead atoms. The Balaban J connectivity index is 1.52. The van der Waals surface area contributed by atoms with Gasteiger partial charge in [-0.1, -0.05) is 17.7 Å². The second-order valence-corrected chi connectivity index (χ2v) is 7.77. The summed E-state index contributed by atoms with van der Waals surface area (Å²) in [6, 6.07) is 10.2. The smallest absolute Gasteiger partial charge is 0.276 e. The van der Waals surface area contributed by atoms with Crippen molar-refractivity contribution < 1.29 is 18.4 Å². The number of carbonyl (C=O) groups excluding carboxylic acids is 2. The highest BCUT2D eigenvalue weighted by atomic mass is 35.5. The summed E-state index contributed by atoms with van der Waals surface area (Å²) in [6.45, 7) is -0.0733. The van der Waals surface area contributed by atoms with E-state index >= 15 is 0 Å². The van der Waals surface area contributed by atoms with Crippen molar-refractivity contribution in [1.82, 2.24) is 15.1 Å². The van der Waals surface area contributed by atoms with E-state index in [0.29, 0.717) is 5.56 Å². The van der Waals surface area contributed by atoms with E-state index in [2.05, 4.69) is 15.7 Å². The van der Waals surface area contributed by atoms with Crippen molar-refractivity contribution in [3.05, 3.63) is 92.4 Å². The fourth-order valence-electron chi connectivity index (χ4n) is 2.96. The van der Waals surface area contributed by atoms with Gasteiger partial charge in [-0.15, -0.1) is 0 Å². The lowest BCUT2D eigenvalue weighted by atomic mass is 10.1. The lowest BCUT2D eigenvalue weighted by molar-refractivity contribution is 0.0945. The van der Waals surface area contributed by atoms with E-state index in [4.69, 9.17) is 11.6 Å². The maximum absolute atomic E-state index is 14.1. The first-order valence-corrected chi connectivity index (χ1v) is 10.1. The van der Waals surface area contributed by atoms with Crippen molar-refractivity contribution in [3.8, 4) is 0 Å². The Hall–Kier alpha value is -3.59. The predicted molar refractivity (Wildman–Crippen MR) is 114 cm³/mol. The van der Waals surface area contributed by atoms with Gasteiger partial charge in [-0.3, -0.25) is 14.4 Å². The number of nitrogens with zero attached hydrogens (tertiary/aromatic N) is 2. The lowest BCUT2D eigenvalue weighted by Crippen LogP contribution is -2.27. The van der Waals surface area contributed by atoms with Gasteiger partial charge in [-0.2, -0.15) is 5.10 Å². The summed E-state index contributed by atoms with van der Waals surface area (Å²) in [5, 5.41) is 9.20. The molecule has 1 aliphatic rings. The van der Waals surface area contributed by atoms with Gasteiger partial charge in [0.25, 0.3) is 17.4 Å². The first-order chi connectivity index (χ1) is 15.3. The van der Waals surface area contributed by atoms with E-state index in [9.17, 15) is 23.2 Å². The van der Waals surface area contributed by atoms with Crippen LogP contribution in [0.5, 0.6) is 0 Å². The maximum Gasteiger partial charge on any atom is 0.276 e. The molecular formula is C22H17ClF2N4O3. The minimum Gasteiger partial charge on any atom is -0.349 e. The molecule has 164 valence electrons. The molecule has 2 aromatic carbocycles. The molecule has 7 nitrogen and oxygen atoms in total. The van der Waals surface area contributed by atoms with Crippen LogP contribution in [0.3, 0.4) is 0 Å². The number of carbonyl (C=O) groups is 2. The van der Waals surface area contributed by atoms with E-state index in [1.165, 1.54) is 30.3 Å². The third-order valence-corrected chi connectivity index (χ3v) is 5.10. The van der Waals surface area contributed by atoms with Gasteiger partial charge < -0.3 is 10.6 Å². The zero-order valence-corrected chi connectivity index (χ0v) is 17.3. The van der Waals surface area contributed by atoms with Gasteiger partial charge in [0.2, 0.25) is 0 Å². The highest BCUT2D eigenvalue weighted by Gasteiger charge is 2.25. The minimum atomic E-state index is -0.706. The SMILES string of the molecule is O=C(Nc1ccc(F)c(C(=O)NC2CC2)c1)c1ccc(=O)n(Cc2ccc(Cl)c(F)c2)n1. The summed E-state index contributed by atoms with van der Waals surface area (Å²) in [7, 11) is 0. The van der Waals surface area contributed by atoms with Crippen molar-refractivity contribution >= 4 is 29.1 Å². The van der Waals surface area contributed by atoms with Gasteiger partial charge in [0.1, 0.15) is 17.3 Å². The van der Waals surface area contributed by atoms with Crippen LogP contribution >= 0.6 is 11.6 Å². The molecule has 1 heterocycles. The topological polar surface area (TPSA) is 93.1 Å². The van der Waals surface area contributed by atoms with Gasteiger partial charge in [0, 0.05) is 17.8 Å². The molecule has 32 heavy (non-hydrogen) atoms. The van der Waals surface area contributed by atoms with Crippen LogP contribution in [0.4, 0.5) is 14.5 Å². The fourth-order valence-corrected chi connectivity index (χ4v) is 3.07. The monoisotopic (exact) mass is 458 g/mol. The van der Waals surface area contributed by atoms with E-state index in [-0.39, 0.29) is 34.6 Å². The van der Waals surface area contributed by atoms with Gasteiger partial charge in [0.05, 0.1) is 17.1 Å². The standard InChI is InChI=1S/C22H17ClF2N4O3/c23-16-5-1-12(9-18(16)25)11-29-20(30)8-7-19(28-29)22(32)27-14-4-6-17(24)15(10-14)21(31)26-13-2-3-13/h1,4-10,13H,2-3,11H2,(H,26,31)(H,27,32). The normalized spacial score (nSPS) is 13.0. The zero-order valence-electron chi connectivity index (χ0n) is 16.6. The van der Waals surface area contributed by atoms with Crippen LogP contribution in [0.25, 0.3) is 0 Å². The van der Waals surface area contributed by atoms with Crippen molar-refractivity contribution in [1.29, 1.82) is 0 Å². The molecule has 4 rings (SSSR count). The van der Waals surface area contributed by atoms with Crippen molar-refractivity contribution in [2.45, 2.75) is 25.4 Å². The van der Waals surface area contributed by atoms with Crippen molar-refractivity contribution in [2.75, 3.05) is 5.32 Å². The molecule has 0 spiro atoms. The Bertz CT molecular complexity index is 1270. The average molecular weight is 459 g/mol. The van der Waals surface area contributed by atoms with Crippen molar-refractivity contribution in [2.24, 2.45) is 0 Å². The average Bonchev–Trinajstić information content (AvgIpc) is 3.57. The van der Waals surface area contributed by atoms with E-state index in [1.807, 2.05) is 0 Å². The lowest BCUT2D eigenvalue weighted by Gasteiger charge is -2.10. The number of benzene rings is 2. The molecule has 1 aromatic heterocycles. The molecule has 0 atom stereocenters. The largest absolute Gasteiger partial charge is 0.349 e. The number of aromatic nitrogens is 2. The quantitative estimate of drug-likeness (QED) is 0.592. The molecule has 0 saturated heterocycles. The Kier molecular flexibility index (Phi) is 6.00. The third kappa shape index (κ3) is 5.00. The molecule has 1 fully saturated rings. The van der Waals surface area contributed by atoms with E-state index < -0.39 is 29.0 Å². The van der Waals surface area contributed by atoms with Crippen LogP contribution in [0, 0.1) is 11.6 Å². The number of anilines is 1. The maximum atomic E-state index is 14.1. The van der Waals surface area contributed by atoms with Gasteiger partial charge in [-0.05, 0) is 54.8 Å². The fraction of sp³-hybridized carbons (Fsp3) is 0.182. The van der Waals surface area contributed by atoms with E-state index in [0.717, 1.165) is 29.7 Å². The summed E-state index contributed by atoms with van der Waals surface area (Å²) in [4.78, 5) is 36.9. The van der Waals surface area contributed by atoms with Crippen LogP contribution < -0.4 is 16.2 Å². The van der Waals surface area contributed by atoms with Crippen molar-refractivity contribution in [3.63, 3.8) is 0 Å². The number of hydrogen-bond acceptors (Lipinski definition) is 4. The molecule has 0 radical (unpaired) electrons. The van der Waals surface area contributed by atoms with Crippen LogP contribution in [0.1, 0.15) is 39.3 Å². The Morgan fingerprint density at radius 2 is 1.81 bits per heavy atom. The number of hydrogen-bond donors (Lipinski definition) is 2. The third-order valence-electron chi connectivity index (χ3n) is 4.80. The Labute approximate surface area is 186 Å². The van der Waals surface area contributed by atoms with Crippen LogP contribution in [-0.2, 0) is 6.54 Å². The highest BCUT2D eigenvalue weighted by molar-refractivity contribution is 6.30. The first kappa shape index (κ1) is 21.6. The molecule has 0 unspecified atom stereocenters.